The van der Waals surface area contributed by atoms with E-state index >= 15 is 0 Å². The standard InChI is InChI=1S/C17H15BrN2O3/c1-23-13-6-7-17-14(8-13)15(9-19-17)16(10-20(21)22)11-2-4-12(18)5-3-11/h2-9,16,19H,10H2,1H3/t16-/m1/s1. The number of aromatic amines is 1. The fourth-order valence-electron chi connectivity index (χ4n) is 2.76. The third kappa shape index (κ3) is 3.22. The Morgan fingerprint density at radius 3 is 2.65 bits per heavy atom. The molecule has 3 aromatic rings. The van der Waals surface area contributed by atoms with Gasteiger partial charge in [-0.05, 0) is 41.5 Å². The Labute approximate surface area is 141 Å². The van der Waals surface area contributed by atoms with E-state index in [4.69, 9.17) is 4.74 Å². The molecule has 0 aliphatic heterocycles. The van der Waals surface area contributed by atoms with Gasteiger partial charge >= 0.3 is 0 Å². The van der Waals surface area contributed by atoms with Crippen LogP contribution in [-0.4, -0.2) is 23.6 Å². The first-order chi connectivity index (χ1) is 11.1. The number of nitrogens with zero attached hydrogens (tertiary/aromatic N) is 1. The number of aromatic nitrogens is 1. The van der Waals surface area contributed by atoms with Crippen LogP contribution < -0.4 is 4.74 Å². The summed E-state index contributed by atoms with van der Waals surface area (Å²) >= 11 is 3.40. The molecule has 0 saturated heterocycles. The summed E-state index contributed by atoms with van der Waals surface area (Å²) in [5, 5.41) is 12.1. The molecule has 1 heterocycles. The van der Waals surface area contributed by atoms with Gasteiger partial charge < -0.3 is 9.72 Å². The smallest absolute Gasteiger partial charge is 0.214 e. The van der Waals surface area contributed by atoms with E-state index in [1.165, 1.54) is 0 Å². The molecule has 3 rings (SSSR count). The first-order valence-electron chi connectivity index (χ1n) is 7.11. The molecule has 0 bridgehead atoms. The molecule has 1 atom stereocenters. The fourth-order valence-corrected chi connectivity index (χ4v) is 3.03. The summed E-state index contributed by atoms with van der Waals surface area (Å²) < 4.78 is 6.22. The maximum absolute atomic E-state index is 11.2. The number of hydrogen-bond donors (Lipinski definition) is 1. The van der Waals surface area contributed by atoms with Gasteiger partial charge in [0.1, 0.15) is 5.75 Å². The molecule has 0 amide bonds. The highest BCUT2D eigenvalue weighted by atomic mass is 79.9. The van der Waals surface area contributed by atoms with E-state index in [0.717, 1.165) is 32.3 Å². The van der Waals surface area contributed by atoms with Crippen LogP contribution in [0, 0.1) is 10.1 Å². The van der Waals surface area contributed by atoms with Crippen LogP contribution >= 0.6 is 15.9 Å². The van der Waals surface area contributed by atoms with Crippen LogP contribution in [0.4, 0.5) is 0 Å². The second-order valence-corrected chi connectivity index (χ2v) is 6.19. The lowest BCUT2D eigenvalue weighted by Crippen LogP contribution is -2.13. The molecule has 6 heteroatoms. The summed E-state index contributed by atoms with van der Waals surface area (Å²) in [7, 11) is 1.61. The monoisotopic (exact) mass is 374 g/mol. The molecule has 23 heavy (non-hydrogen) atoms. The number of H-pyrrole nitrogens is 1. The molecule has 0 aliphatic rings. The minimum Gasteiger partial charge on any atom is -0.497 e. The zero-order chi connectivity index (χ0) is 16.4. The third-order valence-electron chi connectivity index (χ3n) is 3.90. The van der Waals surface area contributed by atoms with Crippen molar-refractivity contribution in [3.05, 3.63) is 74.4 Å². The van der Waals surface area contributed by atoms with E-state index in [0.29, 0.717) is 0 Å². The van der Waals surface area contributed by atoms with E-state index in [-0.39, 0.29) is 17.4 Å². The molecule has 1 aromatic heterocycles. The molecule has 5 nitrogen and oxygen atoms in total. The summed E-state index contributed by atoms with van der Waals surface area (Å²) in [6.07, 6.45) is 1.85. The highest BCUT2D eigenvalue weighted by Crippen LogP contribution is 2.33. The van der Waals surface area contributed by atoms with Gasteiger partial charge in [0.15, 0.2) is 0 Å². The first kappa shape index (κ1) is 15.6. The van der Waals surface area contributed by atoms with E-state index in [1.807, 2.05) is 48.7 Å². The van der Waals surface area contributed by atoms with Crippen LogP contribution in [0.1, 0.15) is 17.0 Å². The van der Waals surface area contributed by atoms with Crippen molar-refractivity contribution < 1.29 is 9.66 Å². The molecule has 0 spiro atoms. The van der Waals surface area contributed by atoms with Gasteiger partial charge in [0, 0.05) is 26.5 Å². The first-order valence-corrected chi connectivity index (χ1v) is 7.90. The summed E-state index contributed by atoms with van der Waals surface area (Å²) in [5.74, 6) is 0.410. The van der Waals surface area contributed by atoms with E-state index in [9.17, 15) is 10.1 Å². The molecule has 0 fully saturated rings. The quantitative estimate of drug-likeness (QED) is 0.533. The van der Waals surface area contributed by atoms with Crippen LogP contribution in [0.15, 0.2) is 53.1 Å². The zero-order valence-corrected chi connectivity index (χ0v) is 14.0. The van der Waals surface area contributed by atoms with Crippen molar-refractivity contribution >= 4 is 26.8 Å². The molecule has 0 unspecified atom stereocenters. The normalized spacial score (nSPS) is 12.3. The van der Waals surface area contributed by atoms with Crippen LogP contribution in [-0.2, 0) is 0 Å². The Kier molecular flexibility index (Phi) is 4.34. The predicted octanol–water partition coefficient (Wildman–Crippen LogP) is 4.35. The van der Waals surface area contributed by atoms with Gasteiger partial charge in [-0.3, -0.25) is 10.1 Å². The lowest BCUT2D eigenvalue weighted by atomic mass is 9.91. The molecule has 0 saturated carbocycles. The average Bonchev–Trinajstić information content (AvgIpc) is 2.96. The van der Waals surface area contributed by atoms with Gasteiger partial charge in [0.05, 0.1) is 13.0 Å². The van der Waals surface area contributed by atoms with Crippen LogP contribution in [0.5, 0.6) is 5.75 Å². The molecular weight excluding hydrogens is 360 g/mol. The fraction of sp³-hybridized carbons (Fsp3) is 0.176. The van der Waals surface area contributed by atoms with Crippen molar-refractivity contribution in [2.24, 2.45) is 0 Å². The van der Waals surface area contributed by atoms with Crippen LogP contribution in [0.3, 0.4) is 0 Å². The Hall–Kier alpha value is -2.34. The number of fused-ring (bicyclic) bond motifs is 1. The van der Waals surface area contributed by atoms with Crippen molar-refractivity contribution in [3.63, 3.8) is 0 Å². The number of hydrogen-bond acceptors (Lipinski definition) is 3. The largest absolute Gasteiger partial charge is 0.497 e. The van der Waals surface area contributed by atoms with Gasteiger partial charge in [-0.1, -0.05) is 28.1 Å². The second-order valence-electron chi connectivity index (χ2n) is 5.27. The highest BCUT2D eigenvalue weighted by Gasteiger charge is 2.23. The summed E-state index contributed by atoms with van der Waals surface area (Å²) in [5.41, 5.74) is 2.75. The maximum Gasteiger partial charge on any atom is 0.214 e. The number of rotatable bonds is 5. The summed E-state index contributed by atoms with van der Waals surface area (Å²) in [6, 6.07) is 13.3. The molecule has 2 aromatic carbocycles. The average molecular weight is 375 g/mol. The summed E-state index contributed by atoms with van der Waals surface area (Å²) in [6.45, 7) is -0.161. The number of benzene rings is 2. The second kappa shape index (κ2) is 6.42. The predicted molar refractivity (Wildman–Crippen MR) is 92.7 cm³/mol. The number of methoxy groups -OCH3 is 1. The van der Waals surface area contributed by atoms with Crippen molar-refractivity contribution in [2.45, 2.75) is 5.92 Å². The minimum absolute atomic E-state index is 0.161. The number of nitro groups is 1. The zero-order valence-electron chi connectivity index (χ0n) is 12.5. The van der Waals surface area contributed by atoms with Crippen molar-refractivity contribution in [2.75, 3.05) is 13.7 Å². The minimum atomic E-state index is -0.320. The van der Waals surface area contributed by atoms with Gasteiger partial charge in [-0.2, -0.15) is 0 Å². The van der Waals surface area contributed by atoms with E-state index < -0.39 is 0 Å². The van der Waals surface area contributed by atoms with Crippen LogP contribution in [0.2, 0.25) is 0 Å². The van der Waals surface area contributed by atoms with Crippen molar-refractivity contribution in [1.29, 1.82) is 0 Å². The lowest BCUT2D eigenvalue weighted by molar-refractivity contribution is -0.481. The summed E-state index contributed by atoms with van der Waals surface area (Å²) in [4.78, 5) is 14.1. The third-order valence-corrected chi connectivity index (χ3v) is 4.43. The number of nitrogens with one attached hydrogen (secondary N) is 1. The van der Waals surface area contributed by atoms with Gasteiger partial charge in [0.2, 0.25) is 6.54 Å². The molecule has 0 aliphatic carbocycles. The number of ether oxygens (including phenoxy) is 1. The Morgan fingerprint density at radius 1 is 1.26 bits per heavy atom. The Balaban J connectivity index is 2.12. The lowest BCUT2D eigenvalue weighted by Gasteiger charge is -2.13. The Bertz CT molecular complexity index is 843. The molecule has 1 N–H and O–H groups in total. The topological polar surface area (TPSA) is 68.2 Å². The van der Waals surface area contributed by atoms with Crippen molar-refractivity contribution in [3.8, 4) is 5.75 Å². The number of halogens is 1. The van der Waals surface area contributed by atoms with Gasteiger partial charge in [-0.25, -0.2) is 0 Å². The SMILES string of the molecule is COc1ccc2[nH]cc([C@H](C[N+](=O)[O-])c3ccc(Br)cc3)c2c1. The van der Waals surface area contributed by atoms with Gasteiger partial charge in [-0.15, -0.1) is 0 Å². The van der Waals surface area contributed by atoms with Crippen LogP contribution in [0.25, 0.3) is 10.9 Å². The van der Waals surface area contributed by atoms with Crippen molar-refractivity contribution in [1.82, 2.24) is 4.98 Å². The van der Waals surface area contributed by atoms with E-state index in [1.54, 1.807) is 7.11 Å². The highest BCUT2D eigenvalue weighted by molar-refractivity contribution is 9.10. The molecule has 0 radical (unpaired) electrons. The Morgan fingerprint density at radius 2 is 2.00 bits per heavy atom. The van der Waals surface area contributed by atoms with Gasteiger partial charge in [0.25, 0.3) is 0 Å². The maximum atomic E-state index is 11.2. The molecular formula is C17H15BrN2O3. The van der Waals surface area contributed by atoms with E-state index in [2.05, 4.69) is 20.9 Å². The molecule has 118 valence electrons.